The number of aromatic hydroxyl groups is 1. The van der Waals surface area contributed by atoms with Crippen molar-refractivity contribution in [3.63, 3.8) is 0 Å². The average molecular weight is 258 g/mol. The van der Waals surface area contributed by atoms with Crippen molar-refractivity contribution >= 4 is 11.0 Å². The van der Waals surface area contributed by atoms with Crippen LogP contribution in [0.2, 0.25) is 0 Å². The van der Waals surface area contributed by atoms with E-state index in [-0.39, 0.29) is 18.2 Å². The van der Waals surface area contributed by atoms with E-state index >= 15 is 0 Å². The average Bonchev–Trinajstić information content (AvgIpc) is 2.80. The van der Waals surface area contributed by atoms with E-state index in [2.05, 4.69) is 0 Å². The zero-order valence-electron chi connectivity index (χ0n) is 9.97. The fourth-order valence-corrected chi connectivity index (χ4v) is 1.87. The molecule has 0 aliphatic carbocycles. The van der Waals surface area contributed by atoms with Crippen LogP contribution in [0.5, 0.6) is 11.5 Å². The number of halogens is 1. The molecule has 0 saturated carbocycles. The number of rotatable bonds is 3. The molecule has 0 bridgehead atoms. The molecule has 4 heteroatoms. The molecule has 3 aromatic rings. The van der Waals surface area contributed by atoms with Gasteiger partial charge in [0.25, 0.3) is 0 Å². The number of benzene rings is 2. The van der Waals surface area contributed by atoms with Gasteiger partial charge in [0.05, 0.1) is 6.26 Å². The number of fused-ring (bicyclic) bond motifs is 1. The maximum absolute atomic E-state index is 13.2. The third-order valence-electron chi connectivity index (χ3n) is 2.85. The van der Waals surface area contributed by atoms with Crippen molar-refractivity contribution in [3.05, 3.63) is 60.1 Å². The Morgan fingerprint density at radius 1 is 1.11 bits per heavy atom. The largest absolute Gasteiger partial charge is 0.508 e. The molecular weight excluding hydrogens is 247 g/mol. The maximum Gasteiger partial charge on any atom is 0.134 e. The van der Waals surface area contributed by atoms with Crippen molar-refractivity contribution in [1.29, 1.82) is 0 Å². The molecule has 0 atom stereocenters. The van der Waals surface area contributed by atoms with Crippen molar-refractivity contribution < 1.29 is 18.7 Å². The molecule has 1 heterocycles. The van der Waals surface area contributed by atoms with Crippen LogP contribution >= 0.6 is 0 Å². The molecule has 2 aromatic carbocycles. The summed E-state index contributed by atoms with van der Waals surface area (Å²) < 4.78 is 24.1. The van der Waals surface area contributed by atoms with Crippen LogP contribution < -0.4 is 4.74 Å². The first kappa shape index (κ1) is 11.6. The third-order valence-corrected chi connectivity index (χ3v) is 2.85. The second kappa shape index (κ2) is 4.65. The summed E-state index contributed by atoms with van der Waals surface area (Å²) in [6.07, 6.45) is 1.56. The highest BCUT2D eigenvalue weighted by atomic mass is 19.1. The molecule has 1 N–H and O–H groups in total. The minimum atomic E-state index is -0.306. The van der Waals surface area contributed by atoms with E-state index in [1.165, 1.54) is 12.1 Å². The fraction of sp³-hybridized carbons (Fsp3) is 0.0667. The van der Waals surface area contributed by atoms with Crippen LogP contribution in [0.25, 0.3) is 11.0 Å². The molecule has 0 radical (unpaired) electrons. The predicted octanol–water partition coefficient (Wildman–Crippen LogP) is 3.86. The van der Waals surface area contributed by atoms with E-state index in [4.69, 9.17) is 14.3 Å². The summed E-state index contributed by atoms with van der Waals surface area (Å²) in [7, 11) is 0. The van der Waals surface area contributed by atoms with Gasteiger partial charge in [-0.2, -0.15) is 0 Å². The van der Waals surface area contributed by atoms with Gasteiger partial charge in [0.15, 0.2) is 0 Å². The zero-order valence-corrected chi connectivity index (χ0v) is 9.97. The van der Waals surface area contributed by atoms with Gasteiger partial charge in [-0.3, -0.25) is 0 Å². The lowest BCUT2D eigenvalue weighted by atomic mass is 10.2. The van der Waals surface area contributed by atoms with E-state index in [1.807, 2.05) is 0 Å². The maximum atomic E-state index is 13.2. The Bertz CT molecular complexity index is 701. The van der Waals surface area contributed by atoms with Gasteiger partial charge in [0.2, 0.25) is 0 Å². The highest BCUT2D eigenvalue weighted by molar-refractivity contribution is 5.80. The third kappa shape index (κ3) is 2.38. The minimum absolute atomic E-state index is 0.184. The van der Waals surface area contributed by atoms with Crippen molar-refractivity contribution in [3.8, 4) is 11.5 Å². The first-order valence-corrected chi connectivity index (χ1v) is 5.80. The Kier molecular flexibility index (Phi) is 2.83. The fourth-order valence-electron chi connectivity index (χ4n) is 1.87. The second-order valence-electron chi connectivity index (χ2n) is 4.18. The van der Waals surface area contributed by atoms with Crippen LogP contribution in [0.4, 0.5) is 4.39 Å². The van der Waals surface area contributed by atoms with Gasteiger partial charge in [-0.25, -0.2) is 4.39 Å². The second-order valence-corrected chi connectivity index (χ2v) is 4.18. The summed E-state index contributed by atoms with van der Waals surface area (Å²) in [5.74, 6) is 0.506. The number of hydrogen-bond donors (Lipinski definition) is 1. The molecule has 0 saturated heterocycles. The van der Waals surface area contributed by atoms with E-state index in [0.717, 1.165) is 5.56 Å². The normalized spacial score (nSPS) is 10.8. The first-order valence-electron chi connectivity index (χ1n) is 5.80. The Balaban J connectivity index is 1.81. The summed E-state index contributed by atoms with van der Waals surface area (Å²) in [5.41, 5.74) is 1.41. The van der Waals surface area contributed by atoms with Crippen molar-refractivity contribution in [1.82, 2.24) is 0 Å². The lowest BCUT2D eigenvalue weighted by Gasteiger charge is -2.04. The zero-order chi connectivity index (χ0) is 13.2. The van der Waals surface area contributed by atoms with Gasteiger partial charge in [0, 0.05) is 10.9 Å². The molecule has 0 unspecified atom stereocenters. The Hall–Kier alpha value is -2.49. The molecule has 19 heavy (non-hydrogen) atoms. The van der Waals surface area contributed by atoms with Crippen LogP contribution in [0, 0.1) is 5.82 Å². The van der Waals surface area contributed by atoms with Crippen LogP contribution in [-0.4, -0.2) is 5.11 Å². The Morgan fingerprint density at radius 3 is 2.68 bits per heavy atom. The standard InChI is InChI=1S/C15H11FO3/c16-11-1-6-15-14(7-11)10(9-19-15)8-18-13-4-2-12(17)3-5-13/h1-7,9,17H,8H2. The lowest BCUT2D eigenvalue weighted by Crippen LogP contribution is -1.94. The molecule has 1 aromatic heterocycles. The number of phenolic OH excluding ortho intramolecular Hbond substituents is 1. The van der Waals surface area contributed by atoms with E-state index in [1.54, 1.807) is 36.6 Å². The molecule has 0 aliphatic rings. The molecule has 96 valence electrons. The van der Waals surface area contributed by atoms with E-state index in [9.17, 15) is 4.39 Å². The predicted molar refractivity (Wildman–Crippen MR) is 68.6 cm³/mol. The summed E-state index contributed by atoms with van der Waals surface area (Å²) in [6, 6.07) is 10.8. The summed E-state index contributed by atoms with van der Waals surface area (Å²) >= 11 is 0. The monoisotopic (exact) mass is 258 g/mol. The smallest absolute Gasteiger partial charge is 0.134 e. The number of hydrogen-bond acceptors (Lipinski definition) is 3. The van der Waals surface area contributed by atoms with Gasteiger partial charge >= 0.3 is 0 Å². The number of ether oxygens (including phenoxy) is 1. The highest BCUT2D eigenvalue weighted by Gasteiger charge is 2.07. The van der Waals surface area contributed by atoms with E-state index < -0.39 is 0 Å². The minimum Gasteiger partial charge on any atom is -0.508 e. The molecule has 0 fully saturated rings. The van der Waals surface area contributed by atoms with Crippen molar-refractivity contribution in [2.75, 3.05) is 0 Å². The van der Waals surface area contributed by atoms with Crippen LogP contribution in [0.1, 0.15) is 5.56 Å². The van der Waals surface area contributed by atoms with Gasteiger partial charge < -0.3 is 14.3 Å². The topological polar surface area (TPSA) is 42.6 Å². The van der Waals surface area contributed by atoms with Crippen LogP contribution in [-0.2, 0) is 6.61 Å². The lowest BCUT2D eigenvalue weighted by molar-refractivity contribution is 0.305. The summed E-state index contributed by atoms with van der Waals surface area (Å²) in [4.78, 5) is 0. The van der Waals surface area contributed by atoms with Gasteiger partial charge in [-0.1, -0.05) is 0 Å². The molecule has 0 spiro atoms. The first-order chi connectivity index (χ1) is 9.22. The van der Waals surface area contributed by atoms with Crippen molar-refractivity contribution in [2.24, 2.45) is 0 Å². The van der Waals surface area contributed by atoms with Crippen molar-refractivity contribution in [2.45, 2.75) is 6.61 Å². The molecule has 0 aliphatic heterocycles. The molecule has 3 nitrogen and oxygen atoms in total. The van der Waals surface area contributed by atoms with Crippen LogP contribution in [0.15, 0.2) is 53.1 Å². The number of phenols is 1. The van der Waals surface area contributed by atoms with Gasteiger partial charge in [0.1, 0.15) is 29.5 Å². The molecule has 3 rings (SSSR count). The highest BCUT2D eigenvalue weighted by Crippen LogP contribution is 2.24. The Morgan fingerprint density at radius 2 is 1.89 bits per heavy atom. The van der Waals surface area contributed by atoms with Gasteiger partial charge in [-0.15, -0.1) is 0 Å². The molecular formula is C15H11FO3. The van der Waals surface area contributed by atoms with Crippen LogP contribution in [0.3, 0.4) is 0 Å². The van der Waals surface area contributed by atoms with E-state index in [0.29, 0.717) is 16.7 Å². The number of furan rings is 1. The SMILES string of the molecule is Oc1ccc(OCc2coc3ccc(F)cc23)cc1. The summed E-state index contributed by atoms with van der Waals surface area (Å²) in [6.45, 7) is 0.279. The Labute approximate surface area is 108 Å². The molecule has 0 amide bonds. The quantitative estimate of drug-likeness (QED) is 0.775. The summed E-state index contributed by atoms with van der Waals surface area (Å²) in [5, 5.41) is 9.88. The van der Waals surface area contributed by atoms with Gasteiger partial charge in [-0.05, 0) is 42.5 Å².